The number of aromatic amines is 1. The molecule has 0 bridgehead atoms. The van der Waals surface area contributed by atoms with Crippen molar-refractivity contribution in [2.24, 2.45) is 11.8 Å². The lowest BCUT2D eigenvalue weighted by molar-refractivity contribution is 0.0894. The number of hydrogen-bond donors (Lipinski definition) is 2. The van der Waals surface area contributed by atoms with Crippen molar-refractivity contribution in [1.29, 1.82) is 0 Å². The monoisotopic (exact) mass is 445 g/mol. The molecule has 0 saturated heterocycles. The van der Waals surface area contributed by atoms with Crippen LogP contribution in [0.2, 0.25) is 0 Å². The van der Waals surface area contributed by atoms with Crippen molar-refractivity contribution in [2.45, 2.75) is 52.1 Å². The molecule has 1 fully saturated rings. The predicted octanol–water partition coefficient (Wildman–Crippen LogP) is 3.63. The van der Waals surface area contributed by atoms with E-state index in [1.54, 1.807) is 23.1 Å². The van der Waals surface area contributed by atoms with Crippen LogP contribution in [0.1, 0.15) is 61.9 Å². The topological polar surface area (TPSA) is 101 Å². The van der Waals surface area contributed by atoms with Gasteiger partial charge in [0, 0.05) is 12.7 Å². The van der Waals surface area contributed by atoms with Gasteiger partial charge in [-0.3, -0.25) is 9.48 Å². The highest BCUT2D eigenvalue weighted by Gasteiger charge is 2.31. The van der Waals surface area contributed by atoms with Gasteiger partial charge in [-0.2, -0.15) is 5.10 Å². The van der Waals surface area contributed by atoms with Gasteiger partial charge in [0.1, 0.15) is 16.1 Å². The minimum Gasteiger partial charge on any atom is -0.340 e. The molecule has 2 N–H and O–H groups in total. The summed E-state index contributed by atoms with van der Waals surface area (Å²) in [5.41, 5.74) is 1.73. The number of nitrogens with one attached hydrogen (secondary N) is 2. The number of hydrogen-bond acceptors (Lipinski definition) is 5. The number of fused-ring (bicyclic) bond motifs is 1. The fourth-order valence-electron chi connectivity index (χ4n) is 3.96. The lowest BCUT2D eigenvalue weighted by Gasteiger charge is -2.32. The number of nitrogens with zero attached hydrogens (tertiary/aromatic N) is 5. The number of carbonyl (C=O) groups excluding carboxylic acids is 1. The van der Waals surface area contributed by atoms with Crippen LogP contribution >= 0.6 is 15.9 Å². The number of aryl methyl sites for hydroxylation is 1. The van der Waals surface area contributed by atoms with Crippen molar-refractivity contribution in [3.63, 3.8) is 0 Å². The molecule has 3 aromatic heterocycles. The quantitative estimate of drug-likeness (QED) is 0.623. The molecule has 28 heavy (non-hydrogen) atoms. The van der Waals surface area contributed by atoms with Crippen molar-refractivity contribution >= 4 is 33.1 Å². The van der Waals surface area contributed by atoms with E-state index >= 15 is 0 Å². The summed E-state index contributed by atoms with van der Waals surface area (Å²) in [4.78, 5) is 29.6. The van der Waals surface area contributed by atoms with Crippen molar-refractivity contribution in [3.8, 4) is 0 Å². The van der Waals surface area contributed by atoms with Gasteiger partial charge in [0.2, 0.25) is 0 Å². The minimum atomic E-state index is -0.213. The second kappa shape index (κ2) is 7.98. The zero-order valence-corrected chi connectivity index (χ0v) is 17.6. The zero-order valence-electron chi connectivity index (χ0n) is 16.0. The second-order valence-corrected chi connectivity index (χ2v) is 8.30. The van der Waals surface area contributed by atoms with Crippen molar-refractivity contribution in [2.75, 3.05) is 0 Å². The number of halogens is 1. The van der Waals surface area contributed by atoms with Crippen LogP contribution in [0.25, 0.3) is 11.3 Å². The fraction of sp³-hybridized carbons (Fsp3) is 0.526. The standard InChI is InChI=1S/C19H24BrN7O/c1-3-27-13(8-9-22-27)19(28)24-15(12-6-4-11(2)5-7-12)16-25-17-18(26-16)23-14(20)10-21-17/h8-12,15H,3-7H2,1-2H3,(H,24,28)(H,21,23,25,26). The summed E-state index contributed by atoms with van der Waals surface area (Å²) in [6, 6.07) is 1.53. The van der Waals surface area contributed by atoms with Crippen LogP contribution in [0.3, 0.4) is 0 Å². The largest absolute Gasteiger partial charge is 0.340 e. The van der Waals surface area contributed by atoms with Gasteiger partial charge in [-0.15, -0.1) is 0 Å². The Balaban J connectivity index is 1.65. The lowest BCUT2D eigenvalue weighted by atomic mass is 9.79. The maximum Gasteiger partial charge on any atom is 0.270 e. The van der Waals surface area contributed by atoms with E-state index < -0.39 is 0 Å². The smallest absolute Gasteiger partial charge is 0.270 e. The number of carbonyl (C=O) groups is 1. The summed E-state index contributed by atoms with van der Waals surface area (Å²) < 4.78 is 2.35. The molecular weight excluding hydrogens is 422 g/mol. The van der Waals surface area contributed by atoms with Crippen molar-refractivity contribution in [1.82, 2.24) is 35.0 Å². The molecule has 1 unspecified atom stereocenters. The molecule has 148 valence electrons. The third-order valence-corrected chi connectivity index (χ3v) is 5.94. The molecule has 0 spiro atoms. The Hall–Kier alpha value is -2.29. The van der Waals surface area contributed by atoms with Crippen LogP contribution < -0.4 is 5.32 Å². The number of imidazole rings is 1. The first kappa shape index (κ1) is 19.0. The van der Waals surface area contributed by atoms with E-state index in [4.69, 9.17) is 0 Å². The Kier molecular flexibility index (Phi) is 5.43. The maximum atomic E-state index is 13.0. The minimum absolute atomic E-state index is 0.134. The van der Waals surface area contributed by atoms with E-state index in [0.29, 0.717) is 39.9 Å². The van der Waals surface area contributed by atoms with Gasteiger partial charge in [-0.25, -0.2) is 15.0 Å². The number of amides is 1. The molecule has 3 heterocycles. The Morgan fingerprint density at radius 2 is 2.14 bits per heavy atom. The van der Waals surface area contributed by atoms with Crippen molar-refractivity contribution < 1.29 is 4.79 Å². The fourth-order valence-corrected chi connectivity index (χ4v) is 4.24. The van der Waals surface area contributed by atoms with E-state index in [-0.39, 0.29) is 11.9 Å². The summed E-state index contributed by atoms with van der Waals surface area (Å²) in [6.07, 6.45) is 7.71. The Morgan fingerprint density at radius 3 is 2.89 bits per heavy atom. The molecule has 1 aliphatic rings. The first-order valence-corrected chi connectivity index (χ1v) is 10.5. The molecule has 1 atom stereocenters. The number of H-pyrrole nitrogens is 1. The van der Waals surface area contributed by atoms with Gasteiger partial charge in [0.05, 0.1) is 12.2 Å². The summed E-state index contributed by atoms with van der Waals surface area (Å²) in [7, 11) is 0. The molecule has 9 heteroatoms. The molecule has 0 radical (unpaired) electrons. The van der Waals surface area contributed by atoms with E-state index in [0.717, 1.165) is 31.6 Å². The third kappa shape index (κ3) is 3.80. The average Bonchev–Trinajstić information content (AvgIpc) is 3.33. The van der Waals surface area contributed by atoms with Gasteiger partial charge >= 0.3 is 0 Å². The zero-order chi connectivity index (χ0) is 19.7. The Morgan fingerprint density at radius 1 is 1.36 bits per heavy atom. The van der Waals surface area contributed by atoms with Gasteiger partial charge in [0.25, 0.3) is 5.91 Å². The van der Waals surface area contributed by atoms with Crippen LogP contribution in [0.15, 0.2) is 23.1 Å². The number of aromatic nitrogens is 6. The molecule has 8 nitrogen and oxygen atoms in total. The van der Waals surface area contributed by atoms with E-state index in [2.05, 4.69) is 53.2 Å². The molecule has 0 aliphatic heterocycles. The number of rotatable bonds is 5. The van der Waals surface area contributed by atoms with E-state index in [9.17, 15) is 4.79 Å². The molecule has 1 aliphatic carbocycles. The van der Waals surface area contributed by atoms with Crippen molar-refractivity contribution in [3.05, 3.63) is 34.6 Å². The van der Waals surface area contributed by atoms with E-state index in [1.165, 1.54) is 0 Å². The van der Waals surface area contributed by atoms with E-state index in [1.807, 2.05) is 6.92 Å². The molecular formula is C19H24BrN7O. The van der Waals surface area contributed by atoms with Gasteiger partial charge in [-0.1, -0.05) is 19.8 Å². The van der Waals surface area contributed by atoms with Crippen LogP contribution in [0, 0.1) is 11.8 Å². The lowest BCUT2D eigenvalue weighted by Crippen LogP contribution is -2.36. The SMILES string of the molecule is CCn1nccc1C(=O)NC(c1nc2ncc(Br)nc2[nH]1)C1CCC(C)CC1. The molecule has 0 aromatic carbocycles. The highest BCUT2D eigenvalue weighted by atomic mass is 79.9. The normalized spacial score (nSPS) is 21.0. The highest BCUT2D eigenvalue weighted by Crippen LogP contribution is 2.36. The molecule has 3 aromatic rings. The van der Waals surface area contributed by atoms with Gasteiger partial charge < -0.3 is 10.3 Å². The molecule has 1 saturated carbocycles. The first-order valence-electron chi connectivity index (χ1n) is 9.76. The highest BCUT2D eigenvalue weighted by molar-refractivity contribution is 9.10. The first-order chi connectivity index (χ1) is 13.5. The third-order valence-electron chi connectivity index (χ3n) is 5.56. The summed E-state index contributed by atoms with van der Waals surface area (Å²) in [6.45, 7) is 4.91. The maximum absolute atomic E-state index is 13.0. The molecule has 1 amide bonds. The summed E-state index contributed by atoms with van der Waals surface area (Å²) >= 11 is 3.34. The van der Waals surface area contributed by atoms with Crippen LogP contribution in [0.4, 0.5) is 0 Å². The van der Waals surface area contributed by atoms with Gasteiger partial charge in [0.15, 0.2) is 11.3 Å². The predicted molar refractivity (Wildman–Crippen MR) is 109 cm³/mol. The average molecular weight is 446 g/mol. The summed E-state index contributed by atoms with van der Waals surface area (Å²) in [5.74, 6) is 1.63. The van der Waals surface area contributed by atoms with Crippen LogP contribution in [-0.2, 0) is 6.54 Å². The second-order valence-electron chi connectivity index (χ2n) is 7.49. The van der Waals surface area contributed by atoms with Crippen LogP contribution in [-0.4, -0.2) is 35.6 Å². The van der Waals surface area contributed by atoms with Gasteiger partial charge in [-0.05, 0) is 53.6 Å². The van der Waals surface area contributed by atoms with Crippen LogP contribution in [0.5, 0.6) is 0 Å². The Labute approximate surface area is 171 Å². The molecule has 4 rings (SSSR count). The summed E-state index contributed by atoms with van der Waals surface area (Å²) in [5, 5.41) is 7.42. The Bertz CT molecular complexity index is 974.